The number of fused-ring (bicyclic) bond motifs is 1. The predicted molar refractivity (Wildman–Crippen MR) is 155 cm³/mol. The van der Waals surface area contributed by atoms with Crippen LogP contribution in [0.15, 0.2) is 84.0 Å². The van der Waals surface area contributed by atoms with E-state index in [-0.39, 0.29) is 24.7 Å². The van der Waals surface area contributed by atoms with Gasteiger partial charge < -0.3 is 14.8 Å². The van der Waals surface area contributed by atoms with E-state index in [1.165, 1.54) is 11.6 Å². The summed E-state index contributed by atoms with van der Waals surface area (Å²) in [5.41, 5.74) is 7.09. The maximum atomic E-state index is 12.3. The van der Waals surface area contributed by atoms with Crippen molar-refractivity contribution in [3.8, 4) is 11.5 Å². The minimum absolute atomic E-state index is 0.0270. The first-order valence-corrected chi connectivity index (χ1v) is 13.0. The SMILES string of the molecule is CCOc1cc(C=NNC(=O)CCC(=O)Nc2cc(C)ccc2C)ccc1OCc1cccc2ccccc12. The van der Waals surface area contributed by atoms with Gasteiger partial charge in [-0.2, -0.15) is 5.10 Å². The second-order valence-corrected chi connectivity index (χ2v) is 9.23. The zero-order valence-electron chi connectivity index (χ0n) is 22.5. The van der Waals surface area contributed by atoms with E-state index < -0.39 is 0 Å². The fraction of sp³-hybridized carbons (Fsp3) is 0.219. The van der Waals surface area contributed by atoms with Gasteiger partial charge in [0.25, 0.3) is 0 Å². The topological polar surface area (TPSA) is 89.0 Å². The number of benzene rings is 4. The summed E-state index contributed by atoms with van der Waals surface area (Å²) in [5.74, 6) is 0.655. The van der Waals surface area contributed by atoms with Crippen molar-refractivity contribution in [2.45, 2.75) is 40.2 Å². The fourth-order valence-corrected chi connectivity index (χ4v) is 4.11. The van der Waals surface area contributed by atoms with Crippen LogP contribution in [0.3, 0.4) is 0 Å². The third-order valence-electron chi connectivity index (χ3n) is 6.18. The minimum atomic E-state index is -0.345. The normalized spacial score (nSPS) is 10.9. The van der Waals surface area contributed by atoms with Gasteiger partial charge in [-0.1, -0.05) is 54.6 Å². The zero-order chi connectivity index (χ0) is 27.6. The molecule has 0 spiro atoms. The van der Waals surface area contributed by atoms with Crippen molar-refractivity contribution in [3.05, 3.63) is 101 Å². The average Bonchev–Trinajstić information content (AvgIpc) is 2.93. The van der Waals surface area contributed by atoms with Crippen LogP contribution in [0.25, 0.3) is 10.8 Å². The Morgan fingerprint density at radius 3 is 2.49 bits per heavy atom. The van der Waals surface area contributed by atoms with Crippen LogP contribution in [0.5, 0.6) is 11.5 Å². The highest BCUT2D eigenvalue weighted by Crippen LogP contribution is 2.30. The number of aryl methyl sites for hydroxylation is 2. The Bertz CT molecular complexity index is 1490. The van der Waals surface area contributed by atoms with E-state index in [4.69, 9.17) is 9.47 Å². The second-order valence-electron chi connectivity index (χ2n) is 9.23. The van der Waals surface area contributed by atoms with Crippen molar-refractivity contribution >= 4 is 34.5 Å². The molecule has 200 valence electrons. The van der Waals surface area contributed by atoms with Crippen molar-refractivity contribution < 1.29 is 19.1 Å². The summed E-state index contributed by atoms with van der Waals surface area (Å²) in [6.45, 7) is 6.68. The van der Waals surface area contributed by atoms with E-state index in [1.807, 2.05) is 75.4 Å². The van der Waals surface area contributed by atoms with E-state index in [2.05, 4.69) is 40.1 Å². The number of nitrogens with zero attached hydrogens (tertiary/aromatic N) is 1. The maximum Gasteiger partial charge on any atom is 0.240 e. The fourth-order valence-electron chi connectivity index (χ4n) is 4.11. The Morgan fingerprint density at radius 1 is 0.846 bits per heavy atom. The van der Waals surface area contributed by atoms with E-state index in [0.717, 1.165) is 33.3 Å². The molecule has 7 heteroatoms. The number of rotatable bonds is 11. The van der Waals surface area contributed by atoms with Crippen LogP contribution in [0.1, 0.15) is 42.0 Å². The number of hydrazone groups is 1. The van der Waals surface area contributed by atoms with Gasteiger partial charge in [0, 0.05) is 18.5 Å². The van der Waals surface area contributed by atoms with Crippen LogP contribution in [0, 0.1) is 13.8 Å². The number of carbonyl (C=O) groups excluding carboxylic acids is 2. The Morgan fingerprint density at radius 2 is 1.64 bits per heavy atom. The molecule has 0 radical (unpaired) electrons. The van der Waals surface area contributed by atoms with Crippen molar-refractivity contribution in [2.24, 2.45) is 5.10 Å². The van der Waals surface area contributed by atoms with Gasteiger partial charge in [-0.05, 0) is 78.1 Å². The molecule has 0 atom stereocenters. The summed E-state index contributed by atoms with van der Waals surface area (Å²) in [6, 6.07) is 25.7. The number of hydrogen-bond donors (Lipinski definition) is 2. The van der Waals surface area contributed by atoms with E-state index in [9.17, 15) is 9.59 Å². The van der Waals surface area contributed by atoms with Gasteiger partial charge in [-0.15, -0.1) is 0 Å². The van der Waals surface area contributed by atoms with Crippen LogP contribution >= 0.6 is 0 Å². The van der Waals surface area contributed by atoms with Gasteiger partial charge in [-0.25, -0.2) is 5.43 Å². The summed E-state index contributed by atoms with van der Waals surface area (Å²) < 4.78 is 11.9. The molecule has 2 amide bonds. The predicted octanol–water partition coefficient (Wildman–Crippen LogP) is 6.30. The first-order chi connectivity index (χ1) is 18.9. The van der Waals surface area contributed by atoms with Crippen molar-refractivity contribution in [3.63, 3.8) is 0 Å². The number of amides is 2. The molecule has 0 saturated heterocycles. The molecule has 0 unspecified atom stereocenters. The lowest BCUT2D eigenvalue weighted by atomic mass is 10.1. The maximum absolute atomic E-state index is 12.3. The molecule has 7 nitrogen and oxygen atoms in total. The lowest BCUT2D eigenvalue weighted by Gasteiger charge is -2.13. The smallest absolute Gasteiger partial charge is 0.240 e. The highest BCUT2D eigenvalue weighted by molar-refractivity contribution is 5.94. The van der Waals surface area contributed by atoms with Crippen LogP contribution in [0.4, 0.5) is 5.69 Å². The number of anilines is 1. The summed E-state index contributed by atoms with van der Waals surface area (Å²) >= 11 is 0. The van der Waals surface area contributed by atoms with Gasteiger partial charge in [0.2, 0.25) is 11.8 Å². The monoisotopic (exact) mass is 523 g/mol. The molecule has 39 heavy (non-hydrogen) atoms. The van der Waals surface area contributed by atoms with Crippen molar-refractivity contribution in [2.75, 3.05) is 11.9 Å². The quantitative estimate of drug-likeness (QED) is 0.178. The second kappa shape index (κ2) is 13.2. The van der Waals surface area contributed by atoms with Crippen molar-refractivity contribution in [1.29, 1.82) is 0 Å². The average molecular weight is 524 g/mol. The third kappa shape index (κ3) is 7.68. The Kier molecular flexibility index (Phi) is 9.29. The Hall–Kier alpha value is -4.65. The minimum Gasteiger partial charge on any atom is -0.490 e. The molecule has 4 aromatic carbocycles. The molecular formula is C32H33N3O4. The van der Waals surface area contributed by atoms with E-state index in [0.29, 0.717) is 24.7 Å². The summed E-state index contributed by atoms with van der Waals surface area (Å²) in [6.07, 6.45) is 1.62. The Balaban J connectivity index is 1.30. The molecule has 0 aliphatic heterocycles. The standard InChI is InChI=1S/C32H33N3O4/c1-4-38-30-19-24(14-15-29(30)39-21-26-10-7-9-25-8-5-6-11-27(25)26)20-33-35-32(37)17-16-31(36)34-28-18-22(2)12-13-23(28)3/h5-15,18-20H,4,16-17,21H2,1-3H3,(H,34,36)(H,35,37). The Labute approximate surface area is 228 Å². The zero-order valence-corrected chi connectivity index (χ0v) is 22.5. The lowest BCUT2D eigenvalue weighted by molar-refractivity contribution is -0.124. The van der Waals surface area contributed by atoms with Crippen LogP contribution < -0.4 is 20.2 Å². The van der Waals surface area contributed by atoms with Crippen LogP contribution in [-0.2, 0) is 16.2 Å². The van der Waals surface area contributed by atoms with E-state index >= 15 is 0 Å². The number of carbonyl (C=O) groups is 2. The summed E-state index contributed by atoms with van der Waals surface area (Å²) in [5, 5.41) is 9.21. The van der Waals surface area contributed by atoms with Gasteiger partial charge in [0.1, 0.15) is 6.61 Å². The number of hydrogen-bond acceptors (Lipinski definition) is 5. The molecule has 0 aromatic heterocycles. The largest absolute Gasteiger partial charge is 0.490 e. The molecule has 0 bridgehead atoms. The van der Waals surface area contributed by atoms with Gasteiger partial charge in [0.05, 0.1) is 12.8 Å². The van der Waals surface area contributed by atoms with Crippen molar-refractivity contribution in [1.82, 2.24) is 5.43 Å². The molecule has 0 aliphatic carbocycles. The highest BCUT2D eigenvalue weighted by atomic mass is 16.5. The van der Waals surface area contributed by atoms with E-state index in [1.54, 1.807) is 0 Å². The molecule has 0 saturated carbocycles. The van der Waals surface area contributed by atoms with Gasteiger partial charge >= 0.3 is 0 Å². The molecule has 4 rings (SSSR count). The van der Waals surface area contributed by atoms with Gasteiger partial charge in [-0.3, -0.25) is 9.59 Å². The number of ether oxygens (including phenoxy) is 2. The summed E-state index contributed by atoms with van der Waals surface area (Å²) in [7, 11) is 0. The molecule has 0 heterocycles. The molecule has 0 fully saturated rings. The van der Waals surface area contributed by atoms with Gasteiger partial charge in [0.15, 0.2) is 11.5 Å². The first-order valence-electron chi connectivity index (χ1n) is 13.0. The van der Waals surface area contributed by atoms with Crippen LogP contribution in [-0.4, -0.2) is 24.6 Å². The molecule has 4 aromatic rings. The highest BCUT2D eigenvalue weighted by Gasteiger charge is 2.10. The molecular weight excluding hydrogens is 490 g/mol. The third-order valence-corrected chi connectivity index (χ3v) is 6.18. The first kappa shape index (κ1) is 27.4. The number of nitrogens with one attached hydrogen (secondary N) is 2. The van der Waals surface area contributed by atoms with Crippen LogP contribution in [0.2, 0.25) is 0 Å². The lowest BCUT2D eigenvalue weighted by Crippen LogP contribution is -2.21. The molecule has 2 N–H and O–H groups in total. The summed E-state index contributed by atoms with van der Waals surface area (Å²) in [4.78, 5) is 24.5. The molecule has 0 aliphatic rings.